The quantitative estimate of drug-likeness (QED) is 0.400. The molecule has 1 aromatic carbocycles. The number of carbonyl (C=O) groups is 1. The first-order valence-electron chi connectivity index (χ1n) is 12.5. The van der Waals surface area contributed by atoms with Gasteiger partial charge in [-0.1, -0.05) is 12.5 Å². The second-order valence-electron chi connectivity index (χ2n) is 11.2. The lowest BCUT2D eigenvalue weighted by molar-refractivity contribution is 0.00578. The molecular formula is C25H37BN2O3S. The highest BCUT2D eigenvalue weighted by molar-refractivity contribution is 7.99. The average molecular weight is 456 g/mol. The van der Waals surface area contributed by atoms with Crippen molar-refractivity contribution < 1.29 is 14.1 Å². The van der Waals surface area contributed by atoms with E-state index in [0.29, 0.717) is 0 Å². The van der Waals surface area contributed by atoms with Crippen LogP contribution in [-0.4, -0.2) is 29.1 Å². The van der Waals surface area contributed by atoms with Crippen molar-refractivity contribution in [3.63, 3.8) is 0 Å². The third-order valence-electron chi connectivity index (χ3n) is 8.25. The van der Waals surface area contributed by atoms with Gasteiger partial charge in [0.15, 0.2) is 0 Å². The molecule has 5 nitrogen and oxygen atoms in total. The monoisotopic (exact) mass is 456 g/mol. The highest BCUT2D eigenvalue weighted by atomic mass is 32.2. The normalized spacial score (nSPS) is 23.7. The molecule has 1 heterocycles. The van der Waals surface area contributed by atoms with E-state index in [2.05, 4.69) is 43.8 Å². The summed E-state index contributed by atoms with van der Waals surface area (Å²) >= 11 is 1.62. The Morgan fingerprint density at radius 1 is 1.00 bits per heavy atom. The summed E-state index contributed by atoms with van der Waals surface area (Å²) < 4.78 is 15.6. The van der Waals surface area contributed by atoms with Gasteiger partial charge in [0.25, 0.3) is 0 Å². The molecule has 2 fully saturated rings. The maximum Gasteiger partial charge on any atom is 0.457 e. The number of fused-ring (bicyclic) bond motifs is 2. The van der Waals surface area contributed by atoms with Crippen molar-refractivity contribution in [2.75, 3.05) is 5.32 Å². The van der Waals surface area contributed by atoms with Crippen LogP contribution in [0.2, 0.25) is 6.32 Å². The minimum atomic E-state index is -0.263. The zero-order valence-electron chi connectivity index (χ0n) is 20.1. The van der Waals surface area contributed by atoms with Gasteiger partial charge in [-0.25, -0.2) is 4.79 Å². The predicted octanol–water partition coefficient (Wildman–Crippen LogP) is 5.84. The Hall–Kier alpha value is -1.18. The van der Waals surface area contributed by atoms with E-state index in [-0.39, 0.29) is 29.1 Å². The van der Waals surface area contributed by atoms with Crippen LogP contribution in [-0.2, 0) is 35.0 Å². The van der Waals surface area contributed by atoms with Gasteiger partial charge in [0.05, 0.1) is 11.2 Å². The standard InChI is InChI=1S/C25H37BN2O3S/c1-23(2)24(3,4)31-26(30-23)15-7-12-25(13-14-25)32-28-22(29)27-21-19-10-5-8-17(19)16-18-9-6-11-20(18)21/h16H,5-15H2,1-4H3,(H2,27,28,29). The third-order valence-corrected chi connectivity index (χ3v) is 9.59. The summed E-state index contributed by atoms with van der Waals surface area (Å²) in [7, 11) is -0.126. The molecule has 1 aliphatic heterocycles. The smallest absolute Gasteiger partial charge is 0.403 e. The largest absolute Gasteiger partial charge is 0.457 e. The molecule has 0 unspecified atom stereocenters. The Balaban J connectivity index is 1.12. The van der Waals surface area contributed by atoms with Gasteiger partial charge < -0.3 is 14.6 Å². The highest BCUT2D eigenvalue weighted by Crippen LogP contribution is 2.51. The topological polar surface area (TPSA) is 59.6 Å². The van der Waals surface area contributed by atoms with E-state index in [1.807, 2.05) is 0 Å². The molecule has 4 aliphatic rings. The summed E-state index contributed by atoms with van der Waals surface area (Å²) in [6, 6.07) is 2.34. The van der Waals surface area contributed by atoms with E-state index >= 15 is 0 Å². The molecule has 0 spiro atoms. The van der Waals surface area contributed by atoms with Crippen molar-refractivity contribution in [3.8, 4) is 0 Å². The first kappa shape index (κ1) is 22.6. The van der Waals surface area contributed by atoms with Gasteiger partial charge in [0.2, 0.25) is 0 Å². The molecular weight excluding hydrogens is 419 g/mol. The number of hydrogen-bond acceptors (Lipinski definition) is 4. The Labute approximate surface area is 197 Å². The number of urea groups is 1. The van der Waals surface area contributed by atoms with Crippen LogP contribution in [0.5, 0.6) is 0 Å². The van der Waals surface area contributed by atoms with Crippen molar-refractivity contribution in [2.45, 2.75) is 114 Å². The summed E-state index contributed by atoms with van der Waals surface area (Å²) in [5.74, 6) is 0. The average Bonchev–Trinajstić information content (AvgIpc) is 3.03. The number of hydrogen-bond donors (Lipinski definition) is 2. The number of carbonyl (C=O) groups excluding carboxylic acids is 1. The second-order valence-corrected chi connectivity index (χ2v) is 12.4. The fourth-order valence-corrected chi connectivity index (χ4v) is 6.39. The molecule has 32 heavy (non-hydrogen) atoms. The van der Waals surface area contributed by atoms with Crippen molar-refractivity contribution in [1.82, 2.24) is 4.72 Å². The molecule has 5 rings (SSSR count). The Morgan fingerprint density at radius 2 is 1.59 bits per heavy atom. The number of rotatable bonds is 7. The molecule has 1 aromatic rings. The molecule has 0 aromatic heterocycles. The molecule has 2 N–H and O–H groups in total. The van der Waals surface area contributed by atoms with Gasteiger partial charge in [0.1, 0.15) is 0 Å². The molecule has 2 amide bonds. The second kappa shape index (κ2) is 8.24. The first-order chi connectivity index (χ1) is 15.2. The number of aryl methyl sites for hydroxylation is 2. The SMILES string of the molecule is CC1(C)OB(CCCC2(SNC(=O)Nc3c4c(cc5c3CCC5)CCC4)CC2)OC1(C)C. The van der Waals surface area contributed by atoms with E-state index in [9.17, 15) is 4.79 Å². The van der Waals surface area contributed by atoms with Crippen molar-refractivity contribution in [2.24, 2.45) is 0 Å². The van der Waals surface area contributed by atoms with E-state index in [0.717, 1.165) is 63.4 Å². The molecule has 1 saturated carbocycles. The summed E-state index contributed by atoms with van der Waals surface area (Å²) in [6.07, 6.45) is 12.3. The predicted molar refractivity (Wildman–Crippen MR) is 132 cm³/mol. The molecule has 1 saturated heterocycles. The molecule has 3 aliphatic carbocycles. The van der Waals surface area contributed by atoms with Gasteiger partial charge >= 0.3 is 13.1 Å². The first-order valence-corrected chi connectivity index (χ1v) is 13.3. The van der Waals surface area contributed by atoms with E-state index in [4.69, 9.17) is 9.31 Å². The fourth-order valence-electron chi connectivity index (χ4n) is 5.48. The van der Waals surface area contributed by atoms with Crippen LogP contribution in [0.3, 0.4) is 0 Å². The lowest BCUT2D eigenvalue weighted by Crippen LogP contribution is -2.41. The Kier molecular flexibility index (Phi) is 5.82. The van der Waals surface area contributed by atoms with Crippen LogP contribution in [0.15, 0.2) is 6.07 Å². The minimum absolute atomic E-state index is 0.0679. The highest BCUT2D eigenvalue weighted by Gasteiger charge is 2.51. The molecule has 174 valence electrons. The van der Waals surface area contributed by atoms with Crippen molar-refractivity contribution in [3.05, 3.63) is 28.3 Å². The number of nitrogens with one attached hydrogen (secondary N) is 2. The van der Waals surface area contributed by atoms with E-state index in [1.54, 1.807) is 11.9 Å². The van der Waals surface area contributed by atoms with Gasteiger partial charge in [-0.3, -0.25) is 4.72 Å². The Bertz CT molecular complexity index is 865. The lowest BCUT2D eigenvalue weighted by Gasteiger charge is -2.32. The maximum atomic E-state index is 12.8. The molecule has 7 heteroatoms. The number of amides is 2. The van der Waals surface area contributed by atoms with E-state index < -0.39 is 0 Å². The molecule has 0 bridgehead atoms. The fraction of sp³-hybridized carbons (Fsp3) is 0.720. The van der Waals surface area contributed by atoms with Crippen LogP contribution >= 0.6 is 11.9 Å². The van der Waals surface area contributed by atoms with Crippen LogP contribution in [0, 0.1) is 0 Å². The summed E-state index contributed by atoms with van der Waals surface area (Å²) in [6.45, 7) is 8.41. The van der Waals surface area contributed by atoms with Crippen molar-refractivity contribution in [1.29, 1.82) is 0 Å². The number of benzene rings is 1. The summed E-state index contributed by atoms with van der Waals surface area (Å²) in [4.78, 5) is 12.8. The lowest BCUT2D eigenvalue weighted by atomic mass is 9.82. The van der Waals surface area contributed by atoms with Crippen LogP contribution < -0.4 is 10.0 Å². The van der Waals surface area contributed by atoms with Gasteiger partial charge in [0, 0.05) is 10.4 Å². The number of anilines is 1. The van der Waals surface area contributed by atoms with Gasteiger partial charge in [-0.05, 0) is 126 Å². The van der Waals surface area contributed by atoms with Gasteiger partial charge in [-0.15, -0.1) is 0 Å². The van der Waals surface area contributed by atoms with Gasteiger partial charge in [-0.2, -0.15) is 0 Å². The Morgan fingerprint density at radius 3 is 2.16 bits per heavy atom. The molecule has 0 radical (unpaired) electrons. The van der Waals surface area contributed by atoms with Crippen molar-refractivity contribution >= 4 is 30.8 Å². The zero-order chi connectivity index (χ0) is 22.6. The summed E-state index contributed by atoms with van der Waals surface area (Å²) in [5.41, 5.74) is 6.27. The van der Waals surface area contributed by atoms with E-state index in [1.165, 1.54) is 35.1 Å². The zero-order valence-corrected chi connectivity index (χ0v) is 20.9. The van der Waals surface area contributed by atoms with Crippen LogP contribution in [0.1, 0.15) is 88.5 Å². The summed E-state index contributed by atoms with van der Waals surface area (Å²) in [5, 5.41) is 3.25. The molecule has 0 atom stereocenters. The minimum Gasteiger partial charge on any atom is -0.403 e. The maximum absolute atomic E-state index is 12.8. The third kappa shape index (κ3) is 4.33. The van der Waals surface area contributed by atoms with Crippen LogP contribution in [0.4, 0.5) is 10.5 Å². The van der Waals surface area contributed by atoms with Crippen LogP contribution in [0.25, 0.3) is 0 Å².